The standard InChI is InChI=1S/C25H29N3O5S3/c1-4-33-15-10-11-17-19(12-15)36-25(28(17)2)27-21(30)14-34-13-20(29)26-23-22(24(31)32-3)16-8-6-5-7-9-18(16)35-23/h10-12H,4-9,13-14H2,1-3H3,(H,26,29). The average Bonchev–Trinajstić information content (AvgIpc) is 3.24. The molecule has 11 heteroatoms. The highest BCUT2D eigenvalue weighted by Crippen LogP contribution is 2.38. The van der Waals surface area contributed by atoms with Crippen molar-refractivity contribution in [2.45, 2.75) is 39.0 Å². The molecule has 1 aliphatic carbocycles. The number of aryl methyl sites for hydroxylation is 2. The van der Waals surface area contributed by atoms with Crippen molar-refractivity contribution in [3.05, 3.63) is 39.0 Å². The van der Waals surface area contributed by atoms with E-state index in [0.29, 0.717) is 22.0 Å². The van der Waals surface area contributed by atoms with Gasteiger partial charge in [0.1, 0.15) is 10.8 Å². The summed E-state index contributed by atoms with van der Waals surface area (Å²) in [6, 6.07) is 5.79. The van der Waals surface area contributed by atoms with Crippen molar-refractivity contribution < 1.29 is 23.9 Å². The predicted octanol–water partition coefficient (Wildman–Crippen LogP) is 4.55. The molecule has 1 aliphatic rings. The van der Waals surface area contributed by atoms with Crippen molar-refractivity contribution in [2.75, 3.05) is 30.5 Å². The Hall–Kier alpha value is -2.63. The number of amides is 2. The summed E-state index contributed by atoms with van der Waals surface area (Å²) in [7, 11) is 3.22. The number of benzene rings is 1. The molecule has 3 aromatic rings. The molecule has 1 N–H and O–H groups in total. The van der Waals surface area contributed by atoms with Gasteiger partial charge >= 0.3 is 5.97 Å². The largest absolute Gasteiger partial charge is 0.494 e. The number of nitrogens with one attached hydrogen (secondary N) is 1. The summed E-state index contributed by atoms with van der Waals surface area (Å²) < 4.78 is 13.4. The topological polar surface area (TPSA) is 99.0 Å². The Bertz CT molecular complexity index is 1350. The third-order valence-electron chi connectivity index (χ3n) is 5.83. The average molecular weight is 548 g/mol. The summed E-state index contributed by atoms with van der Waals surface area (Å²) in [5.74, 6) is -0.0415. The summed E-state index contributed by atoms with van der Waals surface area (Å²) >= 11 is 4.07. The van der Waals surface area contributed by atoms with Crippen LogP contribution in [0.3, 0.4) is 0 Å². The molecule has 8 nitrogen and oxygen atoms in total. The van der Waals surface area contributed by atoms with Crippen LogP contribution in [0.1, 0.15) is 47.0 Å². The molecule has 0 saturated carbocycles. The van der Waals surface area contributed by atoms with Gasteiger partial charge in [-0.15, -0.1) is 23.1 Å². The zero-order valence-corrected chi connectivity index (χ0v) is 23.0. The number of methoxy groups -OCH3 is 1. The number of fused-ring (bicyclic) bond motifs is 2. The molecule has 1 aromatic carbocycles. The number of anilines is 1. The number of ether oxygens (including phenoxy) is 2. The van der Waals surface area contributed by atoms with Crippen LogP contribution < -0.4 is 14.9 Å². The molecule has 0 unspecified atom stereocenters. The van der Waals surface area contributed by atoms with E-state index < -0.39 is 5.97 Å². The Labute approximate surface area is 221 Å². The Morgan fingerprint density at radius 1 is 1.14 bits per heavy atom. The van der Waals surface area contributed by atoms with Crippen molar-refractivity contribution in [1.29, 1.82) is 0 Å². The van der Waals surface area contributed by atoms with E-state index in [1.165, 1.54) is 41.5 Å². The third-order valence-corrected chi connectivity index (χ3v) is 9.05. The Morgan fingerprint density at radius 2 is 1.94 bits per heavy atom. The lowest BCUT2D eigenvalue weighted by Crippen LogP contribution is -2.18. The maximum absolute atomic E-state index is 12.6. The molecule has 0 atom stereocenters. The van der Waals surface area contributed by atoms with Gasteiger partial charge in [0, 0.05) is 11.9 Å². The molecule has 0 spiro atoms. The molecular formula is C25H29N3O5S3. The molecule has 192 valence electrons. The Balaban J connectivity index is 1.38. The molecule has 0 aliphatic heterocycles. The SMILES string of the molecule is CCOc1ccc2c(c1)sc(=NC(=O)CSCC(=O)Nc1sc3c(c1C(=O)OC)CCCCC3)n2C. The summed E-state index contributed by atoms with van der Waals surface area (Å²) in [6.45, 7) is 2.52. The van der Waals surface area contributed by atoms with E-state index in [9.17, 15) is 14.4 Å². The van der Waals surface area contributed by atoms with E-state index in [1.807, 2.05) is 36.7 Å². The summed E-state index contributed by atoms with van der Waals surface area (Å²) in [6.07, 6.45) is 4.96. The quantitative estimate of drug-likeness (QED) is 0.328. The fraction of sp³-hybridized carbons (Fsp3) is 0.440. The number of hydrogen-bond acceptors (Lipinski definition) is 8. The molecular weight excluding hydrogens is 518 g/mol. The first-order valence-corrected chi connectivity index (χ1v) is 14.6. The van der Waals surface area contributed by atoms with Crippen molar-refractivity contribution >= 4 is 67.4 Å². The van der Waals surface area contributed by atoms with Crippen LogP contribution in [0.5, 0.6) is 5.75 Å². The van der Waals surface area contributed by atoms with Crippen LogP contribution in [0, 0.1) is 0 Å². The van der Waals surface area contributed by atoms with Gasteiger partial charge in [0.2, 0.25) is 5.91 Å². The highest BCUT2D eigenvalue weighted by atomic mass is 32.2. The lowest BCUT2D eigenvalue weighted by molar-refractivity contribution is -0.115. The highest BCUT2D eigenvalue weighted by Gasteiger charge is 2.26. The van der Waals surface area contributed by atoms with Crippen LogP contribution in [-0.4, -0.2) is 47.6 Å². The minimum atomic E-state index is -0.420. The van der Waals surface area contributed by atoms with Crippen molar-refractivity contribution in [1.82, 2.24) is 4.57 Å². The number of esters is 1. The fourth-order valence-corrected chi connectivity index (χ4v) is 7.12. The number of aromatic nitrogens is 1. The minimum absolute atomic E-state index is 0.0800. The summed E-state index contributed by atoms with van der Waals surface area (Å²) in [5, 5.41) is 3.41. The zero-order valence-electron chi connectivity index (χ0n) is 20.5. The maximum atomic E-state index is 12.6. The van der Waals surface area contributed by atoms with Crippen LogP contribution in [0.25, 0.3) is 10.2 Å². The highest BCUT2D eigenvalue weighted by molar-refractivity contribution is 8.00. The van der Waals surface area contributed by atoms with Gasteiger partial charge in [0.05, 0.1) is 41.0 Å². The van der Waals surface area contributed by atoms with Crippen molar-refractivity contribution in [3.8, 4) is 5.75 Å². The van der Waals surface area contributed by atoms with E-state index in [-0.39, 0.29) is 23.3 Å². The van der Waals surface area contributed by atoms with Gasteiger partial charge < -0.3 is 19.4 Å². The lowest BCUT2D eigenvalue weighted by Gasteiger charge is -2.07. The normalized spacial score (nSPS) is 13.8. The number of thioether (sulfide) groups is 1. The molecule has 2 amide bonds. The van der Waals surface area contributed by atoms with E-state index in [0.717, 1.165) is 58.5 Å². The monoisotopic (exact) mass is 547 g/mol. The first kappa shape index (κ1) is 26.4. The fourth-order valence-electron chi connectivity index (χ4n) is 4.16. The van der Waals surface area contributed by atoms with Gasteiger partial charge in [-0.3, -0.25) is 9.59 Å². The van der Waals surface area contributed by atoms with E-state index >= 15 is 0 Å². The second-order valence-electron chi connectivity index (χ2n) is 8.31. The second kappa shape index (κ2) is 12.1. The van der Waals surface area contributed by atoms with Crippen molar-refractivity contribution in [3.63, 3.8) is 0 Å². The van der Waals surface area contributed by atoms with Gasteiger partial charge in [-0.25, -0.2) is 4.79 Å². The van der Waals surface area contributed by atoms with Crippen LogP contribution in [-0.2, 0) is 34.2 Å². The van der Waals surface area contributed by atoms with Gasteiger partial charge in [0.15, 0.2) is 4.80 Å². The molecule has 0 radical (unpaired) electrons. The van der Waals surface area contributed by atoms with E-state index in [2.05, 4.69) is 10.3 Å². The number of thiazole rings is 1. The van der Waals surface area contributed by atoms with E-state index in [1.54, 1.807) is 0 Å². The first-order valence-electron chi connectivity index (χ1n) is 11.8. The number of thiophene rings is 1. The van der Waals surface area contributed by atoms with Gasteiger partial charge in [-0.05, 0) is 56.4 Å². The van der Waals surface area contributed by atoms with Crippen LogP contribution in [0.2, 0.25) is 0 Å². The molecule has 2 heterocycles. The molecule has 0 saturated heterocycles. The Kier molecular flexibility index (Phi) is 8.86. The van der Waals surface area contributed by atoms with Gasteiger partial charge in [0.25, 0.3) is 5.91 Å². The van der Waals surface area contributed by atoms with Crippen LogP contribution in [0.15, 0.2) is 23.2 Å². The number of nitrogens with zero attached hydrogens (tertiary/aromatic N) is 2. The van der Waals surface area contributed by atoms with Gasteiger partial charge in [-0.1, -0.05) is 17.8 Å². The number of rotatable bonds is 8. The van der Waals surface area contributed by atoms with E-state index in [4.69, 9.17) is 9.47 Å². The number of hydrogen-bond donors (Lipinski definition) is 1. The maximum Gasteiger partial charge on any atom is 0.341 e. The molecule has 4 rings (SSSR count). The Morgan fingerprint density at radius 3 is 2.72 bits per heavy atom. The first-order chi connectivity index (χ1) is 17.4. The molecule has 0 fully saturated rings. The third kappa shape index (κ3) is 6.01. The number of carbonyl (C=O) groups excluding carboxylic acids is 3. The van der Waals surface area contributed by atoms with Gasteiger partial charge in [-0.2, -0.15) is 4.99 Å². The van der Waals surface area contributed by atoms with Crippen molar-refractivity contribution in [2.24, 2.45) is 12.0 Å². The lowest BCUT2D eigenvalue weighted by atomic mass is 10.1. The summed E-state index contributed by atoms with van der Waals surface area (Å²) in [5.41, 5.74) is 2.46. The van der Waals surface area contributed by atoms with Crippen LogP contribution in [0.4, 0.5) is 5.00 Å². The number of carbonyl (C=O) groups is 3. The predicted molar refractivity (Wildman–Crippen MR) is 145 cm³/mol. The minimum Gasteiger partial charge on any atom is -0.494 e. The molecule has 2 aromatic heterocycles. The molecule has 0 bridgehead atoms. The second-order valence-corrected chi connectivity index (χ2v) is 11.4. The smallest absolute Gasteiger partial charge is 0.341 e. The van der Waals surface area contributed by atoms with Crippen LogP contribution >= 0.6 is 34.4 Å². The zero-order chi connectivity index (χ0) is 25.7. The summed E-state index contributed by atoms with van der Waals surface area (Å²) in [4.78, 5) is 43.5. The molecule has 36 heavy (non-hydrogen) atoms.